The minimum absolute atomic E-state index is 0. The topological polar surface area (TPSA) is 0 Å². The van der Waals surface area contributed by atoms with E-state index in [9.17, 15) is 0 Å². The molecule has 0 aliphatic heterocycles. The highest BCUT2D eigenvalue weighted by Crippen LogP contribution is 2.17. The van der Waals surface area contributed by atoms with Crippen molar-refractivity contribution in [2.75, 3.05) is 20.1 Å². The molecule has 0 aromatic carbocycles. The summed E-state index contributed by atoms with van der Waals surface area (Å²) in [5.41, 5.74) is 0. The number of nitrogens with zero attached hydrogens (tertiary/aromatic N) is 1. The number of hydrogen-bond acceptors (Lipinski definition) is 0. The van der Waals surface area contributed by atoms with Gasteiger partial charge >= 0.3 is 0 Å². The summed E-state index contributed by atoms with van der Waals surface area (Å²) in [6.07, 6.45) is 52.8. The minimum atomic E-state index is 0. The lowest BCUT2D eigenvalue weighted by Gasteiger charge is -2.30. The van der Waals surface area contributed by atoms with Crippen LogP contribution in [0.4, 0.5) is 0 Å². The van der Waals surface area contributed by atoms with Gasteiger partial charge in [-0.2, -0.15) is 0 Å². The summed E-state index contributed by atoms with van der Waals surface area (Å²) < 4.78 is 1.17. The molecule has 43 heavy (non-hydrogen) atoms. The zero-order valence-corrected chi connectivity index (χ0v) is 32.3. The van der Waals surface area contributed by atoms with Crippen molar-refractivity contribution in [1.82, 2.24) is 0 Å². The van der Waals surface area contributed by atoms with Crippen LogP contribution in [0.3, 0.4) is 0 Å². The molecule has 0 N–H and O–H groups in total. The maximum Gasteiger partial charge on any atom is 0.0915 e. The van der Waals surface area contributed by atoms with Crippen LogP contribution in [0.15, 0.2) is 12.3 Å². The van der Waals surface area contributed by atoms with E-state index >= 15 is 0 Å². The van der Waals surface area contributed by atoms with Crippen molar-refractivity contribution in [3.05, 3.63) is 12.3 Å². The first-order valence-electron chi connectivity index (χ1n) is 20.2. The highest BCUT2D eigenvalue weighted by molar-refractivity contribution is 4.72. The molecular formula is C41H84BrN. The fourth-order valence-corrected chi connectivity index (χ4v) is 6.66. The first-order valence-corrected chi connectivity index (χ1v) is 20.2. The molecule has 0 aromatic rings. The second-order valence-corrected chi connectivity index (χ2v) is 14.3. The first-order chi connectivity index (χ1) is 20.7. The molecule has 2 heteroatoms. The van der Waals surface area contributed by atoms with E-state index in [1.54, 1.807) is 0 Å². The number of quaternary nitrogens is 1. The predicted octanol–water partition coefficient (Wildman–Crippen LogP) is 11.9. The van der Waals surface area contributed by atoms with Crippen LogP contribution in [0, 0.1) is 0 Å². The molecule has 0 aliphatic carbocycles. The molecular weight excluding hydrogens is 586 g/mol. The van der Waals surface area contributed by atoms with Crippen LogP contribution in [0.1, 0.15) is 233 Å². The molecule has 0 fully saturated rings. The number of hydrogen-bond donors (Lipinski definition) is 0. The summed E-state index contributed by atoms with van der Waals surface area (Å²) in [5.74, 6) is 0. The van der Waals surface area contributed by atoms with Gasteiger partial charge in [0.2, 0.25) is 0 Å². The third kappa shape index (κ3) is 36.5. The lowest BCUT2D eigenvalue weighted by molar-refractivity contribution is -0.860. The van der Waals surface area contributed by atoms with Gasteiger partial charge in [-0.1, -0.05) is 201 Å². The summed E-state index contributed by atoms with van der Waals surface area (Å²) >= 11 is 0. The smallest absolute Gasteiger partial charge is 0.0915 e. The molecule has 0 aromatic heterocycles. The average molecular weight is 671 g/mol. The SMILES string of the molecule is CCC=C[N+](C)(CCCCCCCCCCCCCCCCCC)CCCCCCCCCCCCCCCCCC.[Br-]. The van der Waals surface area contributed by atoms with Crippen molar-refractivity contribution in [3.8, 4) is 0 Å². The third-order valence-corrected chi connectivity index (χ3v) is 9.75. The maximum atomic E-state index is 2.52. The molecule has 0 amide bonds. The summed E-state index contributed by atoms with van der Waals surface area (Å²) in [4.78, 5) is 0. The lowest BCUT2D eigenvalue weighted by atomic mass is 10.0. The van der Waals surface area contributed by atoms with E-state index in [0.717, 1.165) is 0 Å². The van der Waals surface area contributed by atoms with Crippen LogP contribution < -0.4 is 17.0 Å². The molecule has 0 spiro atoms. The quantitative estimate of drug-likeness (QED) is 0.0460. The van der Waals surface area contributed by atoms with E-state index in [2.05, 4.69) is 40.1 Å². The predicted molar refractivity (Wildman–Crippen MR) is 194 cm³/mol. The standard InChI is InChI=1S/C41H84N.BrH/c1-5-8-11-13-15-17-19-21-23-25-27-29-31-33-35-37-40-42(4,39-10-7-3)41-38-36-34-32-30-28-26-24-22-20-18-16-14-12-9-6-2;/h10,39H,5-9,11-38,40-41H2,1-4H3;1H/q+1;/p-1. The molecule has 0 saturated carbocycles. The van der Waals surface area contributed by atoms with E-state index in [0.29, 0.717) is 0 Å². The van der Waals surface area contributed by atoms with Crippen LogP contribution in [-0.2, 0) is 0 Å². The first kappa shape index (κ1) is 45.3. The summed E-state index contributed by atoms with van der Waals surface area (Å²) in [6.45, 7) is 9.58. The largest absolute Gasteiger partial charge is 1.00 e. The van der Waals surface area contributed by atoms with Crippen molar-refractivity contribution >= 4 is 0 Å². The van der Waals surface area contributed by atoms with Crippen LogP contribution in [-0.4, -0.2) is 24.6 Å². The van der Waals surface area contributed by atoms with Gasteiger partial charge in [0.05, 0.1) is 26.3 Å². The van der Waals surface area contributed by atoms with Crippen molar-refractivity contribution in [2.45, 2.75) is 233 Å². The maximum absolute atomic E-state index is 2.52. The van der Waals surface area contributed by atoms with Gasteiger partial charge in [0.15, 0.2) is 0 Å². The minimum Gasteiger partial charge on any atom is -1.00 e. The lowest BCUT2D eigenvalue weighted by Crippen LogP contribution is -3.00. The summed E-state index contributed by atoms with van der Waals surface area (Å²) in [7, 11) is 2.49. The highest BCUT2D eigenvalue weighted by atomic mass is 79.9. The van der Waals surface area contributed by atoms with Crippen molar-refractivity contribution in [3.63, 3.8) is 0 Å². The second kappa shape index (κ2) is 38.4. The van der Waals surface area contributed by atoms with E-state index in [4.69, 9.17) is 0 Å². The number of halogens is 1. The van der Waals surface area contributed by atoms with E-state index in [1.807, 2.05) is 0 Å². The molecule has 0 aliphatic rings. The van der Waals surface area contributed by atoms with E-state index < -0.39 is 0 Å². The fraction of sp³-hybridized carbons (Fsp3) is 0.951. The van der Waals surface area contributed by atoms with E-state index in [-0.39, 0.29) is 17.0 Å². The molecule has 0 saturated heterocycles. The monoisotopic (exact) mass is 670 g/mol. The van der Waals surface area contributed by atoms with Gasteiger partial charge < -0.3 is 17.0 Å². The zero-order valence-electron chi connectivity index (χ0n) is 30.7. The Balaban J connectivity index is 0. The molecule has 0 heterocycles. The second-order valence-electron chi connectivity index (χ2n) is 14.3. The Hall–Kier alpha value is 0.180. The van der Waals surface area contributed by atoms with Gasteiger partial charge in [-0.15, -0.1) is 0 Å². The Morgan fingerprint density at radius 1 is 0.326 bits per heavy atom. The molecule has 0 unspecified atom stereocenters. The van der Waals surface area contributed by atoms with Gasteiger partial charge in [-0.25, -0.2) is 0 Å². The van der Waals surface area contributed by atoms with Crippen LogP contribution in [0.5, 0.6) is 0 Å². The van der Waals surface area contributed by atoms with E-state index in [1.165, 1.54) is 229 Å². The fourth-order valence-electron chi connectivity index (χ4n) is 6.66. The molecule has 0 atom stereocenters. The normalized spacial score (nSPS) is 11.9. The van der Waals surface area contributed by atoms with Gasteiger partial charge in [0.1, 0.15) is 0 Å². The average Bonchev–Trinajstić information content (AvgIpc) is 2.99. The van der Waals surface area contributed by atoms with Crippen molar-refractivity contribution in [2.24, 2.45) is 0 Å². The Kier molecular flexibility index (Phi) is 40.4. The van der Waals surface area contributed by atoms with Crippen LogP contribution >= 0.6 is 0 Å². The van der Waals surface area contributed by atoms with Crippen LogP contribution in [0.2, 0.25) is 0 Å². The van der Waals surface area contributed by atoms with Gasteiger partial charge in [0.25, 0.3) is 0 Å². The Morgan fingerprint density at radius 2 is 0.535 bits per heavy atom. The zero-order chi connectivity index (χ0) is 30.7. The third-order valence-electron chi connectivity index (χ3n) is 9.75. The summed E-state index contributed by atoms with van der Waals surface area (Å²) in [6, 6.07) is 0. The summed E-state index contributed by atoms with van der Waals surface area (Å²) in [5, 5.41) is 0. The molecule has 1 nitrogen and oxygen atoms in total. The molecule has 0 radical (unpaired) electrons. The number of allylic oxidation sites excluding steroid dienone is 1. The van der Waals surface area contributed by atoms with Gasteiger partial charge in [-0.05, 0) is 38.2 Å². The Morgan fingerprint density at radius 3 is 0.744 bits per heavy atom. The number of unbranched alkanes of at least 4 members (excludes halogenated alkanes) is 30. The molecule has 0 rings (SSSR count). The molecule has 260 valence electrons. The van der Waals surface area contributed by atoms with Crippen LogP contribution in [0.25, 0.3) is 0 Å². The Bertz CT molecular complexity index is 480. The van der Waals surface area contributed by atoms with Gasteiger partial charge in [0, 0.05) is 0 Å². The highest BCUT2D eigenvalue weighted by Gasteiger charge is 2.17. The van der Waals surface area contributed by atoms with Crippen molar-refractivity contribution in [1.29, 1.82) is 0 Å². The Labute approximate surface area is 285 Å². The van der Waals surface area contributed by atoms with Crippen molar-refractivity contribution < 1.29 is 21.5 Å². The number of rotatable bonds is 36. The van der Waals surface area contributed by atoms with Gasteiger partial charge in [-0.3, -0.25) is 4.48 Å². The molecule has 0 bridgehead atoms.